The number of piperidine rings is 1. The maximum Gasteiger partial charge on any atom is 0.573 e. The first-order valence-corrected chi connectivity index (χ1v) is 12.9. The Bertz CT molecular complexity index is 1070. The van der Waals surface area contributed by atoms with E-state index >= 15 is 0 Å². The van der Waals surface area contributed by atoms with E-state index in [0.717, 1.165) is 25.0 Å². The van der Waals surface area contributed by atoms with Gasteiger partial charge in [-0.15, -0.1) is 13.2 Å². The average molecular weight is 540 g/mol. The third-order valence-corrected chi connectivity index (χ3v) is 7.57. The predicted molar refractivity (Wildman–Crippen MR) is 121 cm³/mol. The van der Waals surface area contributed by atoms with Gasteiger partial charge in [0.15, 0.2) is 0 Å². The lowest BCUT2D eigenvalue weighted by atomic mass is 9.94. The van der Waals surface area contributed by atoms with E-state index in [1.807, 2.05) is 0 Å². The summed E-state index contributed by atoms with van der Waals surface area (Å²) in [6.45, 7) is 0.107. The van der Waals surface area contributed by atoms with Gasteiger partial charge in [0.25, 0.3) is 0 Å². The lowest BCUT2D eigenvalue weighted by molar-refractivity contribution is -0.274. The zero-order valence-corrected chi connectivity index (χ0v) is 20.6. The molecule has 10 nitrogen and oxygen atoms in total. The van der Waals surface area contributed by atoms with Crippen molar-refractivity contribution in [2.24, 2.45) is 5.92 Å². The van der Waals surface area contributed by atoms with E-state index in [2.05, 4.69) is 20.1 Å². The number of urea groups is 2. The van der Waals surface area contributed by atoms with Gasteiger partial charge >= 0.3 is 18.4 Å². The highest BCUT2D eigenvalue weighted by molar-refractivity contribution is 7.89. The van der Waals surface area contributed by atoms with Gasteiger partial charge in [-0.05, 0) is 38.3 Å². The quantitative estimate of drug-likeness (QED) is 0.437. The number of benzene rings is 1. The number of hydrogen-bond acceptors (Lipinski definition) is 5. The van der Waals surface area contributed by atoms with Crippen LogP contribution in [-0.2, 0) is 16.6 Å². The second-order valence-electron chi connectivity index (χ2n) is 8.80. The van der Waals surface area contributed by atoms with Crippen molar-refractivity contribution in [3.8, 4) is 5.75 Å². The third kappa shape index (κ3) is 7.59. The zero-order chi connectivity index (χ0) is 26.7. The van der Waals surface area contributed by atoms with Gasteiger partial charge in [0.2, 0.25) is 10.0 Å². The van der Waals surface area contributed by atoms with Gasteiger partial charge in [0.05, 0.1) is 11.8 Å². The number of alkyl halides is 3. The summed E-state index contributed by atoms with van der Waals surface area (Å²) in [4.78, 5) is 28.5. The largest absolute Gasteiger partial charge is 0.573 e. The van der Waals surface area contributed by atoms with Crippen molar-refractivity contribution in [3.63, 3.8) is 0 Å². The van der Waals surface area contributed by atoms with Crippen LogP contribution in [0.5, 0.6) is 5.75 Å². The van der Waals surface area contributed by atoms with Crippen molar-refractivity contribution >= 4 is 22.1 Å². The van der Waals surface area contributed by atoms with Crippen molar-refractivity contribution in [2.45, 2.75) is 44.3 Å². The summed E-state index contributed by atoms with van der Waals surface area (Å²) in [7, 11) is -0.808. The monoisotopic (exact) mass is 539 g/mol. The van der Waals surface area contributed by atoms with E-state index in [1.54, 1.807) is 4.90 Å². The Labute approximate surface area is 206 Å². The van der Waals surface area contributed by atoms with Crippen LogP contribution in [0.1, 0.15) is 24.8 Å². The number of carbonyl (C=O) groups is 2. The molecule has 0 aromatic heterocycles. The molecule has 36 heavy (non-hydrogen) atoms. The normalized spacial score (nSPS) is 20.6. The zero-order valence-electron chi connectivity index (χ0n) is 19.8. The standard InChI is InChI=1S/C21H29F4N5O5S/c1-26-19(31)29-10-13(12-36(33,34)27-2)7-16(11-29)30(15-4-5-15)20(32)28-9-14-3-6-17(8-18(14)22)35-21(23,24)25/h3,6,8,13,15-16,27H,4-5,7,9-12H2,1-2H3,(H,26,31)(H,28,32)/t13-,16+/m0/s1. The molecule has 1 heterocycles. The summed E-state index contributed by atoms with van der Waals surface area (Å²) in [5.41, 5.74) is -0.0396. The van der Waals surface area contributed by atoms with E-state index < -0.39 is 52.0 Å². The van der Waals surface area contributed by atoms with Crippen LogP contribution < -0.4 is 20.1 Å². The van der Waals surface area contributed by atoms with Crippen molar-refractivity contribution in [1.82, 2.24) is 25.2 Å². The molecule has 3 N–H and O–H groups in total. The van der Waals surface area contributed by atoms with Gasteiger partial charge in [-0.1, -0.05) is 6.07 Å². The lowest BCUT2D eigenvalue weighted by Crippen LogP contribution is -2.58. The van der Waals surface area contributed by atoms with Crippen molar-refractivity contribution in [2.75, 3.05) is 32.9 Å². The average Bonchev–Trinajstić information content (AvgIpc) is 3.61. The molecule has 2 aliphatic rings. The number of likely N-dealkylation sites (tertiary alicyclic amines) is 1. The lowest BCUT2D eigenvalue weighted by Gasteiger charge is -2.42. The minimum Gasteiger partial charge on any atom is -0.406 e. The number of halogens is 4. The van der Waals surface area contributed by atoms with Crippen LogP contribution in [0, 0.1) is 11.7 Å². The minimum absolute atomic E-state index is 0.0396. The third-order valence-electron chi connectivity index (χ3n) is 6.04. The van der Waals surface area contributed by atoms with E-state index in [9.17, 15) is 35.6 Å². The molecule has 1 aliphatic carbocycles. The second kappa shape index (κ2) is 11.1. The number of carbonyl (C=O) groups excluding carboxylic acids is 2. The summed E-state index contributed by atoms with van der Waals surface area (Å²) in [5, 5.41) is 5.11. The first-order chi connectivity index (χ1) is 16.8. The molecule has 1 saturated heterocycles. The van der Waals surface area contributed by atoms with Crippen LogP contribution in [-0.4, -0.2) is 81.7 Å². The molecular weight excluding hydrogens is 510 g/mol. The first-order valence-electron chi connectivity index (χ1n) is 11.3. The number of amides is 4. The van der Waals surface area contributed by atoms with Gasteiger partial charge < -0.3 is 25.2 Å². The molecule has 1 aromatic rings. The molecule has 1 saturated carbocycles. The highest BCUT2D eigenvalue weighted by atomic mass is 32.2. The number of sulfonamides is 1. The van der Waals surface area contributed by atoms with Crippen molar-refractivity contribution in [1.29, 1.82) is 0 Å². The van der Waals surface area contributed by atoms with Crippen LogP contribution in [0.25, 0.3) is 0 Å². The molecule has 0 spiro atoms. The molecule has 15 heteroatoms. The minimum atomic E-state index is -4.96. The number of nitrogens with one attached hydrogen (secondary N) is 3. The summed E-state index contributed by atoms with van der Waals surface area (Å²) in [5.74, 6) is -2.33. The first kappa shape index (κ1) is 27.8. The van der Waals surface area contributed by atoms with Crippen LogP contribution in [0.4, 0.5) is 27.2 Å². The number of hydrogen-bond donors (Lipinski definition) is 3. The highest BCUT2D eigenvalue weighted by Crippen LogP contribution is 2.33. The van der Waals surface area contributed by atoms with E-state index in [0.29, 0.717) is 12.5 Å². The molecule has 0 bridgehead atoms. The maximum absolute atomic E-state index is 14.3. The molecule has 0 radical (unpaired) electrons. The maximum atomic E-state index is 14.3. The molecule has 2 fully saturated rings. The van der Waals surface area contributed by atoms with E-state index in [4.69, 9.17) is 0 Å². The molecule has 2 atom stereocenters. The summed E-state index contributed by atoms with van der Waals surface area (Å²) < 4.78 is 81.5. The van der Waals surface area contributed by atoms with E-state index in [-0.39, 0.29) is 37.0 Å². The Hall–Kier alpha value is -2.81. The molecule has 4 amide bonds. The fraction of sp³-hybridized carbons (Fsp3) is 0.619. The topological polar surface area (TPSA) is 120 Å². The van der Waals surface area contributed by atoms with Crippen LogP contribution >= 0.6 is 0 Å². The summed E-state index contributed by atoms with van der Waals surface area (Å²) in [6.07, 6.45) is -3.17. The number of rotatable bonds is 8. The Kier molecular flexibility index (Phi) is 8.54. The Balaban J connectivity index is 1.72. The van der Waals surface area contributed by atoms with Gasteiger partial charge in [0.1, 0.15) is 11.6 Å². The fourth-order valence-electron chi connectivity index (χ4n) is 4.33. The smallest absolute Gasteiger partial charge is 0.406 e. The molecule has 1 aliphatic heterocycles. The Morgan fingerprint density at radius 1 is 1.17 bits per heavy atom. The van der Waals surface area contributed by atoms with E-state index in [1.165, 1.54) is 19.0 Å². The number of nitrogens with zero attached hydrogens (tertiary/aromatic N) is 2. The van der Waals surface area contributed by atoms with Gasteiger partial charge in [-0.2, -0.15) is 0 Å². The van der Waals surface area contributed by atoms with Gasteiger partial charge in [-0.25, -0.2) is 27.1 Å². The molecule has 202 valence electrons. The summed E-state index contributed by atoms with van der Waals surface area (Å²) in [6, 6.07) is 1.10. The molecule has 1 aromatic carbocycles. The second-order valence-corrected chi connectivity index (χ2v) is 10.8. The fourth-order valence-corrected chi connectivity index (χ4v) is 5.36. The molecule has 0 unspecified atom stereocenters. The predicted octanol–water partition coefficient (Wildman–Crippen LogP) is 1.98. The van der Waals surface area contributed by atoms with Crippen LogP contribution in [0.15, 0.2) is 18.2 Å². The molecular formula is C21H29F4N5O5S. The summed E-state index contributed by atoms with van der Waals surface area (Å²) >= 11 is 0. The Morgan fingerprint density at radius 3 is 2.42 bits per heavy atom. The SMILES string of the molecule is CNC(=O)N1C[C@@H](CS(=O)(=O)NC)C[C@@H](N(C(=O)NCc2ccc(OC(F)(F)F)cc2F)C2CC2)C1. The van der Waals surface area contributed by atoms with Crippen LogP contribution in [0.3, 0.4) is 0 Å². The van der Waals surface area contributed by atoms with Crippen LogP contribution in [0.2, 0.25) is 0 Å². The highest BCUT2D eigenvalue weighted by Gasteiger charge is 2.42. The van der Waals surface area contributed by atoms with Crippen molar-refractivity contribution < 1.29 is 40.3 Å². The Morgan fingerprint density at radius 2 is 1.86 bits per heavy atom. The van der Waals surface area contributed by atoms with Gasteiger partial charge in [-0.3, -0.25) is 0 Å². The molecule has 3 rings (SSSR count). The number of ether oxygens (including phenoxy) is 1. The van der Waals surface area contributed by atoms with Gasteiger partial charge in [0, 0.05) is 44.4 Å². The van der Waals surface area contributed by atoms with Crippen molar-refractivity contribution in [3.05, 3.63) is 29.6 Å².